The molecule has 5 nitrogen and oxygen atoms in total. The smallest absolute Gasteiger partial charge is 0.340 e. The van der Waals surface area contributed by atoms with E-state index in [0.717, 1.165) is 24.2 Å². The average molecular weight is 408 g/mol. The molecule has 0 radical (unpaired) electrons. The molecule has 0 bridgehead atoms. The van der Waals surface area contributed by atoms with Crippen molar-refractivity contribution in [1.29, 1.82) is 0 Å². The molecule has 1 fully saturated rings. The normalized spacial score (nSPS) is 13.1. The van der Waals surface area contributed by atoms with E-state index < -0.39 is 5.97 Å². The summed E-state index contributed by atoms with van der Waals surface area (Å²) < 4.78 is 10.3. The Morgan fingerprint density at radius 1 is 1.11 bits per heavy atom. The van der Waals surface area contributed by atoms with Crippen LogP contribution in [0, 0.1) is 0 Å². The highest BCUT2D eigenvalue weighted by Crippen LogP contribution is 2.29. The third-order valence-corrected chi connectivity index (χ3v) is 4.85. The summed E-state index contributed by atoms with van der Waals surface area (Å²) in [5, 5.41) is 0.615. The quantitative estimate of drug-likeness (QED) is 0.640. The van der Waals surface area contributed by atoms with Gasteiger partial charge in [-0.05, 0) is 48.7 Å². The molecular formula is C20H19Cl2NO4. The summed E-state index contributed by atoms with van der Waals surface area (Å²) in [7, 11) is 1.61. The summed E-state index contributed by atoms with van der Waals surface area (Å²) in [6.45, 7) is 0.136. The molecule has 3 rings (SSSR count). The van der Waals surface area contributed by atoms with Gasteiger partial charge in [-0.25, -0.2) is 4.79 Å². The minimum absolute atomic E-state index is 0.182. The Morgan fingerprint density at radius 2 is 1.81 bits per heavy atom. The standard InChI is InChI=1S/C20H19Cl2NO4/c1-26-16-7-2-13(3-8-16)11-23(15-5-6-15)19(24)12-27-20(25)17-9-4-14(21)10-18(17)22/h2-4,7-10,15H,5-6,11-12H2,1H3. The summed E-state index contributed by atoms with van der Waals surface area (Å²) in [5.74, 6) is -0.117. The summed E-state index contributed by atoms with van der Waals surface area (Å²) in [4.78, 5) is 26.5. The monoisotopic (exact) mass is 407 g/mol. The minimum Gasteiger partial charge on any atom is -0.497 e. The molecule has 2 aromatic rings. The summed E-state index contributed by atoms with van der Waals surface area (Å²) in [5.41, 5.74) is 1.17. The van der Waals surface area contributed by atoms with Gasteiger partial charge in [-0.3, -0.25) is 4.79 Å². The van der Waals surface area contributed by atoms with Gasteiger partial charge in [0.1, 0.15) is 5.75 Å². The molecule has 1 amide bonds. The van der Waals surface area contributed by atoms with E-state index in [4.69, 9.17) is 32.7 Å². The number of amides is 1. The summed E-state index contributed by atoms with van der Waals surface area (Å²) in [6, 6.07) is 12.2. The molecule has 0 unspecified atom stereocenters. The van der Waals surface area contributed by atoms with Crippen LogP contribution in [-0.4, -0.2) is 36.5 Å². The van der Waals surface area contributed by atoms with Crippen molar-refractivity contribution >= 4 is 35.1 Å². The number of nitrogens with zero attached hydrogens (tertiary/aromatic N) is 1. The van der Waals surface area contributed by atoms with Crippen LogP contribution in [0.3, 0.4) is 0 Å². The maximum absolute atomic E-state index is 12.6. The molecule has 0 aromatic heterocycles. The first kappa shape index (κ1) is 19.5. The van der Waals surface area contributed by atoms with Gasteiger partial charge in [-0.2, -0.15) is 0 Å². The van der Waals surface area contributed by atoms with E-state index in [1.54, 1.807) is 18.1 Å². The van der Waals surface area contributed by atoms with E-state index in [9.17, 15) is 9.59 Å². The van der Waals surface area contributed by atoms with Gasteiger partial charge in [0.05, 0.1) is 17.7 Å². The van der Waals surface area contributed by atoms with Crippen LogP contribution in [0.1, 0.15) is 28.8 Å². The first-order valence-electron chi connectivity index (χ1n) is 8.52. The number of carbonyl (C=O) groups excluding carboxylic acids is 2. The SMILES string of the molecule is COc1ccc(CN(C(=O)COC(=O)c2ccc(Cl)cc2Cl)C2CC2)cc1. The molecule has 142 valence electrons. The fourth-order valence-electron chi connectivity index (χ4n) is 2.68. The van der Waals surface area contributed by atoms with Gasteiger partial charge >= 0.3 is 5.97 Å². The second-order valence-electron chi connectivity index (χ2n) is 6.30. The van der Waals surface area contributed by atoms with Crippen molar-refractivity contribution in [3.8, 4) is 5.75 Å². The number of carbonyl (C=O) groups is 2. The Labute approximate surface area is 167 Å². The molecule has 1 saturated carbocycles. The first-order valence-corrected chi connectivity index (χ1v) is 9.28. The van der Waals surface area contributed by atoms with Crippen LogP contribution in [0.5, 0.6) is 5.75 Å². The predicted octanol–water partition coefficient (Wildman–Crippen LogP) is 4.35. The van der Waals surface area contributed by atoms with Crippen molar-refractivity contribution in [3.05, 3.63) is 63.6 Å². The van der Waals surface area contributed by atoms with Crippen molar-refractivity contribution in [1.82, 2.24) is 4.90 Å². The Morgan fingerprint density at radius 3 is 2.41 bits per heavy atom. The zero-order chi connectivity index (χ0) is 19.4. The average Bonchev–Trinajstić information content (AvgIpc) is 3.49. The number of ether oxygens (including phenoxy) is 2. The zero-order valence-corrected chi connectivity index (χ0v) is 16.3. The third kappa shape index (κ3) is 5.15. The Bertz CT molecular complexity index is 834. The van der Waals surface area contributed by atoms with Crippen molar-refractivity contribution in [2.45, 2.75) is 25.4 Å². The molecule has 0 heterocycles. The van der Waals surface area contributed by atoms with E-state index in [-0.39, 0.29) is 29.1 Å². The molecular weight excluding hydrogens is 389 g/mol. The molecule has 27 heavy (non-hydrogen) atoms. The van der Waals surface area contributed by atoms with Gasteiger partial charge in [0, 0.05) is 17.6 Å². The van der Waals surface area contributed by atoms with Crippen LogP contribution in [-0.2, 0) is 16.1 Å². The molecule has 1 aliphatic rings. The topological polar surface area (TPSA) is 55.8 Å². The highest BCUT2D eigenvalue weighted by atomic mass is 35.5. The lowest BCUT2D eigenvalue weighted by Crippen LogP contribution is -2.36. The van der Waals surface area contributed by atoms with E-state index in [1.165, 1.54) is 12.1 Å². The lowest BCUT2D eigenvalue weighted by Gasteiger charge is -2.22. The summed E-state index contributed by atoms with van der Waals surface area (Å²) in [6.07, 6.45) is 1.91. The van der Waals surface area contributed by atoms with Crippen LogP contribution >= 0.6 is 23.2 Å². The maximum atomic E-state index is 12.6. The van der Waals surface area contributed by atoms with Crippen LogP contribution in [0.15, 0.2) is 42.5 Å². The highest BCUT2D eigenvalue weighted by Gasteiger charge is 2.33. The van der Waals surface area contributed by atoms with Crippen LogP contribution in [0.4, 0.5) is 0 Å². The molecule has 0 N–H and O–H groups in total. The number of hydrogen-bond acceptors (Lipinski definition) is 4. The third-order valence-electron chi connectivity index (χ3n) is 4.30. The minimum atomic E-state index is -0.648. The van der Waals surface area contributed by atoms with E-state index >= 15 is 0 Å². The van der Waals surface area contributed by atoms with E-state index in [0.29, 0.717) is 11.6 Å². The molecule has 0 aliphatic heterocycles. The highest BCUT2D eigenvalue weighted by molar-refractivity contribution is 6.36. The van der Waals surface area contributed by atoms with Crippen LogP contribution in [0.25, 0.3) is 0 Å². The van der Waals surface area contributed by atoms with Gasteiger partial charge < -0.3 is 14.4 Å². The van der Waals surface area contributed by atoms with Gasteiger partial charge in [0.25, 0.3) is 5.91 Å². The van der Waals surface area contributed by atoms with Crippen LogP contribution in [0.2, 0.25) is 10.0 Å². The van der Waals surface area contributed by atoms with Gasteiger partial charge in [-0.15, -0.1) is 0 Å². The summed E-state index contributed by atoms with van der Waals surface area (Å²) >= 11 is 11.8. The molecule has 0 spiro atoms. The largest absolute Gasteiger partial charge is 0.497 e. The zero-order valence-electron chi connectivity index (χ0n) is 14.8. The number of hydrogen-bond donors (Lipinski definition) is 0. The van der Waals surface area contributed by atoms with Gasteiger partial charge in [0.15, 0.2) is 6.61 Å². The number of rotatable bonds is 7. The number of methoxy groups -OCH3 is 1. The van der Waals surface area contributed by atoms with E-state index in [2.05, 4.69) is 0 Å². The fourth-order valence-corrected chi connectivity index (χ4v) is 3.16. The van der Waals surface area contributed by atoms with Gasteiger partial charge in [-0.1, -0.05) is 35.3 Å². The predicted molar refractivity (Wildman–Crippen MR) is 103 cm³/mol. The molecule has 1 aliphatic carbocycles. The molecule has 0 saturated heterocycles. The lowest BCUT2D eigenvalue weighted by atomic mass is 10.2. The lowest BCUT2D eigenvalue weighted by molar-refractivity contribution is -0.135. The fraction of sp³-hybridized carbons (Fsp3) is 0.300. The number of esters is 1. The number of halogens is 2. The van der Waals surface area contributed by atoms with Crippen LogP contribution < -0.4 is 4.74 Å². The Hall–Kier alpha value is -2.24. The second kappa shape index (κ2) is 8.63. The Balaban J connectivity index is 1.60. The molecule has 7 heteroatoms. The molecule has 2 aromatic carbocycles. The second-order valence-corrected chi connectivity index (χ2v) is 7.14. The maximum Gasteiger partial charge on any atom is 0.340 e. The van der Waals surface area contributed by atoms with Crippen molar-refractivity contribution in [2.24, 2.45) is 0 Å². The van der Waals surface area contributed by atoms with Crippen molar-refractivity contribution in [3.63, 3.8) is 0 Å². The van der Waals surface area contributed by atoms with Crippen molar-refractivity contribution < 1.29 is 19.1 Å². The van der Waals surface area contributed by atoms with E-state index in [1.807, 2.05) is 24.3 Å². The first-order chi connectivity index (χ1) is 13.0. The van der Waals surface area contributed by atoms with Crippen molar-refractivity contribution in [2.75, 3.05) is 13.7 Å². The Kier molecular flexibility index (Phi) is 6.24. The van der Waals surface area contributed by atoms with Gasteiger partial charge in [0.2, 0.25) is 0 Å². The number of benzene rings is 2. The molecule has 0 atom stereocenters.